The number of aromatic nitrogens is 1. The van der Waals surface area contributed by atoms with Gasteiger partial charge in [-0.15, -0.1) is 0 Å². The lowest BCUT2D eigenvalue weighted by atomic mass is 10.0. The number of nitrogens with one attached hydrogen (secondary N) is 2. The first-order valence-corrected chi connectivity index (χ1v) is 10.5. The van der Waals surface area contributed by atoms with Crippen molar-refractivity contribution >= 4 is 23.0 Å². The summed E-state index contributed by atoms with van der Waals surface area (Å²) in [5.74, 6) is -0.531. The highest BCUT2D eigenvalue weighted by molar-refractivity contribution is 7.80. The summed E-state index contributed by atoms with van der Waals surface area (Å²) in [7, 11) is 0. The Kier molecular flexibility index (Phi) is 6.56. The quantitative estimate of drug-likeness (QED) is 0.340. The highest BCUT2D eigenvalue weighted by Gasteiger charge is 2.12. The summed E-state index contributed by atoms with van der Waals surface area (Å²) in [4.78, 5) is 0. The van der Waals surface area contributed by atoms with Crippen LogP contribution in [0.15, 0.2) is 83.6 Å². The van der Waals surface area contributed by atoms with E-state index in [-0.39, 0.29) is 17.7 Å². The lowest BCUT2D eigenvalue weighted by Crippen LogP contribution is -2.30. The number of nitrogens with zero attached hydrogens (tertiary/aromatic N) is 1. The third-order valence-corrected chi connectivity index (χ3v) is 5.30. The van der Waals surface area contributed by atoms with Crippen LogP contribution >= 0.6 is 12.2 Å². The molecule has 0 radical (unpaired) electrons. The van der Waals surface area contributed by atoms with Gasteiger partial charge in [0.05, 0.1) is 6.04 Å². The summed E-state index contributed by atoms with van der Waals surface area (Å²) in [5, 5.41) is 10.9. The average Bonchev–Trinajstić information content (AvgIpc) is 3.24. The van der Waals surface area contributed by atoms with Crippen molar-refractivity contribution in [1.82, 2.24) is 10.5 Å². The fourth-order valence-electron chi connectivity index (χ4n) is 3.35. The second-order valence-corrected chi connectivity index (χ2v) is 7.85. The molecule has 0 bridgehead atoms. The van der Waals surface area contributed by atoms with Crippen LogP contribution in [0.25, 0.3) is 11.3 Å². The number of halogens is 2. The standard InChI is InChI=1S/C25H21F2N3OS/c1-16(18-4-10-22(27)11-5-18)28-25(32)29-23-12-6-19(7-13-23)24-20(15-31-30-24)14-17-2-8-21(26)9-3-17/h2-13,15-16H,14H2,1H3,(H2,28,29,32). The predicted molar refractivity (Wildman–Crippen MR) is 125 cm³/mol. The first kappa shape index (κ1) is 21.6. The molecule has 4 rings (SSSR count). The van der Waals surface area contributed by atoms with Crippen LogP contribution in [0.3, 0.4) is 0 Å². The second kappa shape index (κ2) is 9.70. The molecule has 32 heavy (non-hydrogen) atoms. The first-order valence-electron chi connectivity index (χ1n) is 10.1. The normalized spacial score (nSPS) is 11.7. The Balaban J connectivity index is 1.39. The Morgan fingerprint density at radius 2 is 1.56 bits per heavy atom. The van der Waals surface area contributed by atoms with E-state index in [0.717, 1.165) is 33.6 Å². The number of rotatable bonds is 6. The summed E-state index contributed by atoms with van der Waals surface area (Å²) in [6, 6.07) is 20.3. The van der Waals surface area contributed by atoms with Gasteiger partial charge in [0.15, 0.2) is 5.11 Å². The van der Waals surface area contributed by atoms with E-state index in [1.807, 2.05) is 31.2 Å². The van der Waals surface area contributed by atoms with Crippen LogP contribution in [-0.4, -0.2) is 10.3 Å². The van der Waals surface area contributed by atoms with Crippen LogP contribution in [0, 0.1) is 11.6 Å². The molecule has 0 saturated heterocycles. The minimum absolute atomic E-state index is 0.0703. The van der Waals surface area contributed by atoms with Gasteiger partial charge in [0.25, 0.3) is 0 Å². The number of benzene rings is 3. The molecule has 0 saturated carbocycles. The van der Waals surface area contributed by atoms with E-state index in [4.69, 9.17) is 16.7 Å². The topological polar surface area (TPSA) is 50.1 Å². The Labute approximate surface area is 190 Å². The summed E-state index contributed by atoms with van der Waals surface area (Å²) < 4.78 is 31.4. The molecule has 162 valence electrons. The van der Waals surface area contributed by atoms with Crippen molar-refractivity contribution in [2.45, 2.75) is 19.4 Å². The molecular weight excluding hydrogens is 428 g/mol. The zero-order chi connectivity index (χ0) is 22.5. The van der Waals surface area contributed by atoms with E-state index in [2.05, 4.69) is 15.8 Å². The van der Waals surface area contributed by atoms with E-state index in [0.29, 0.717) is 11.5 Å². The minimum Gasteiger partial charge on any atom is -0.364 e. The molecule has 1 atom stereocenters. The van der Waals surface area contributed by atoms with Gasteiger partial charge in [0.2, 0.25) is 0 Å². The molecule has 0 aliphatic carbocycles. The maximum absolute atomic E-state index is 13.1. The molecule has 4 nitrogen and oxygen atoms in total. The number of hydrogen-bond acceptors (Lipinski definition) is 3. The Morgan fingerprint density at radius 3 is 2.22 bits per heavy atom. The van der Waals surface area contributed by atoms with Crippen LogP contribution in [0.5, 0.6) is 0 Å². The van der Waals surface area contributed by atoms with Crippen molar-refractivity contribution in [1.29, 1.82) is 0 Å². The maximum atomic E-state index is 13.1. The Hall–Kier alpha value is -3.58. The van der Waals surface area contributed by atoms with Crippen LogP contribution in [0.1, 0.15) is 29.7 Å². The highest BCUT2D eigenvalue weighted by atomic mass is 32.1. The van der Waals surface area contributed by atoms with E-state index in [9.17, 15) is 8.78 Å². The minimum atomic E-state index is -0.269. The molecule has 0 amide bonds. The molecule has 0 aliphatic heterocycles. The molecule has 0 spiro atoms. The summed E-state index contributed by atoms with van der Waals surface area (Å²) >= 11 is 5.40. The molecule has 0 aliphatic rings. The van der Waals surface area contributed by atoms with Gasteiger partial charge in [-0.3, -0.25) is 0 Å². The van der Waals surface area contributed by atoms with Crippen molar-refractivity contribution in [3.8, 4) is 11.3 Å². The molecule has 0 fully saturated rings. The van der Waals surface area contributed by atoms with Crippen LogP contribution < -0.4 is 10.6 Å². The van der Waals surface area contributed by atoms with E-state index in [1.54, 1.807) is 30.5 Å². The van der Waals surface area contributed by atoms with Crippen LogP contribution in [-0.2, 0) is 6.42 Å². The maximum Gasteiger partial charge on any atom is 0.171 e. The average molecular weight is 450 g/mol. The van der Waals surface area contributed by atoms with Gasteiger partial charge in [-0.2, -0.15) is 0 Å². The third kappa shape index (κ3) is 5.36. The zero-order valence-electron chi connectivity index (χ0n) is 17.3. The highest BCUT2D eigenvalue weighted by Crippen LogP contribution is 2.26. The van der Waals surface area contributed by atoms with Crippen molar-refractivity contribution < 1.29 is 13.3 Å². The summed E-state index contributed by atoms with van der Waals surface area (Å²) in [5.41, 5.74) is 5.29. The molecule has 1 heterocycles. The van der Waals surface area contributed by atoms with Gasteiger partial charge < -0.3 is 15.2 Å². The lowest BCUT2D eigenvalue weighted by molar-refractivity contribution is 0.421. The monoisotopic (exact) mass is 449 g/mol. The smallest absolute Gasteiger partial charge is 0.171 e. The Morgan fingerprint density at radius 1 is 0.938 bits per heavy atom. The molecule has 4 aromatic rings. The number of hydrogen-bond donors (Lipinski definition) is 2. The first-order chi connectivity index (χ1) is 15.5. The zero-order valence-corrected chi connectivity index (χ0v) is 18.1. The van der Waals surface area contributed by atoms with Gasteiger partial charge in [0.1, 0.15) is 23.6 Å². The second-order valence-electron chi connectivity index (χ2n) is 7.44. The predicted octanol–water partition coefficient (Wildman–Crippen LogP) is 6.26. The fraction of sp³-hybridized carbons (Fsp3) is 0.120. The molecule has 7 heteroatoms. The van der Waals surface area contributed by atoms with Gasteiger partial charge in [-0.05, 0) is 66.7 Å². The molecule has 3 aromatic carbocycles. The number of anilines is 1. The van der Waals surface area contributed by atoms with Gasteiger partial charge in [-0.1, -0.05) is 41.6 Å². The van der Waals surface area contributed by atoms with Crippen LogP contribution in [0.2, 0.25) is 0 Å². The lowest BCUT2D eigenvalue weighted by Gasteiger charge is -2.17. The third-order valence-electron chi connectivity index (χ3n) is 5.08. The Bertz CT molecular complexity index is 1190. The van der Waals surface area contributed by atoms with Crippen molar-refractivity contribution in [3.63, 3.8) is 0 Å². The molecule has 1 unspecified atom stereocenters. The summed E-state index contributed by atoms with van der Waals surface area (Å²) in [6.45, 7) is 1.96. The van der Waals surface area contributed by atoms with Crippen LogP contribution in [0.4, 0.5) is 14.5 Å². The molecule has 2 N–H and O–H groups in total. The van der Waals surface area contributed by atoms with Crippen molar-refractivity contribution in [2.75, 3.05) is 5.32 Å². The molecule has 1 aromatic heterocycles. The summed E-state index contributed by atoms with van der Waals surface area (Å²) in [6.07, 6.45) is 2.20. The van der Waals surface area contributed by atoms with E-state index in [1.165, 1.54) is 24.3 Å². The van der Waals surface area contributed by atoms with Gasteiger partial charge in [-0.25, -0.2) is 8.78 Å². The fourth-order valence-corrected chi connectivity index (χ4v) is 3.65. The molecular formula is C25H21F2N3OS. The van der Waals surface area contributed by atoms with E-state index >= 15 is 0 Å². The SMILES string of the molecule is CC(NC(=S)Nc1ccc(-c2nocc2Cc2ccc(F)cc2)cc1)c1ccc(F)cc1. The largest absolute Gasteiger partial charge is 0.364 e. The van der Waals surface area contributed by atoms with Gasteiger partial charge >= 0.3 is 0 Å². The van der Waals surface area contributed by atoms with Gasteiger partial charge in [0, 0.05) is 23.2 Å². The van der Waals surface area contributed by atoms with E-state index < -0.39 is 0 Å². The number of thiocarbonyl (C=S) groups is 1. The van der Waals surface area contributed by atoms with Crippen molar-refractivity contribution in [2.24, 2.45) is 0 Å². The van der Waals surface area contributed by atoms with Crippen molar-refractivity contribution in [3.05, 3.63) is 107 Å².